The molecule has 34 heavy (non-hydrogen) atoms. The van der Waals surface area contributed by atoms with Crippen LogP contribution in [0.1, 0.15) is 29.9 Å². The Morgan fingerprint density at radius 1 is 0.882 bits per heavy atom. The fourth-order valence-corrected chi connectivity index (χ4v) is 4.13. The molecule has 0 radical (unpaired) electrons. The summed E-state index contributed by atoms with van der Waals surface area (Å²) in [7, 11) is 4.58. The normalized spacial score (nSPS) is 14.4. The molecule has 0 unspecified atom stereocenters. The number of hydrogen-bond donors (Lipinski definition) is 0. The molecule has 3 aromatic rings. The smallest absolute Gasteiger partial charge is 0.217 e. The second-order valence-electron chi connectivity index (χ2n) is 8.36. The third-order valence-corrected chi connectivity index (χ3v) is 6.07. The highest BCUT2D eigenvalue weighted by molar-refractivity contribution is 6.11. The fourth-order valence-electron chi connectivity index (χ4n) is 4.13. The summed E-state index contributed by atoms with van der Waals surface area (Å²) in [4.78, 5) is 19.8. The molecule has 0 amide bonds. The first kappa shape index (κ1) is 23.6. The van der Waals surface area contributed by atoms with E-state index < -0.39 is 0 Å². The van der Waals surface area contributed by atoms with Crippen molar-refractivity contribution in [2.75, 3.05) is 52.4 Å². The summed E-state index contributed by atoms with van der Waals surface area (Å²) in [5.41, 5.74) is 1.46. The minimum atomic E-state index is -0.261. The summed E-state index contributed by atoms with van der Waals surface area (Å²) in [6, 6.07) is 13.4. The maximum atomic E-state index is 13.8. The Morgan fingerprint density at radius 3 is 2.03 bits per heavy atom. The molecule has 1 aromatic heterocycles. The van der Waals surface area contributed by atoms with Crippen LogP contribution in [0.2, 0.25) is 0 Å². The largest absolute Gasteiger partial charge is 0.493 e. The number of ether oxygens (including phenoxy) is 3. The van der Waals surface area contributed by atoms with Crippen LogP contribution in [0.25, 0.3) is 5.69 Å². The molecule has 2 heterocycles. The predicted molar refractivity (Wildman–Crippen MR) is 130 cm³/mol. The van der Waals surface area contributed by atoms with Crippen molar-refractivity contribution in [3.05, 3.63) is 53.7 Å². The van der Waals surface area contributed by atoms with Gasteiger partial charge >= 0.3 is 0 Å². The summed E-state index contributed by atoms with van der Waals surface area (Å²) in [6.07, 6.45) is 0. The molecule has 2 aromatic carbocycles. The predicted octanol–water partition coefficient (Wildman–Crippen LogP) is 3.05. The van der Waals surface area contributed by atoms with E-state index in [0.717, 1.165) is 31.9 Å². The minimum absolute atomic E-state index is 0.261. The zero-order valence-electron chi connectivity index (χ0n) is 20.3. The molecule has 1 aliphatic heterocycles. The van der Waals surface area contributed by atoms with Gasteiger partial charge in [-0.05, 0) is 38.1 Å². The quantitative estimate of drug-likeness (QED) is 0.470. The molecular weight excluding hydrogens is 434 g/mol. The second kappa shape index (κ2) is 10.1. The van der Waals surface area contributed by atoms with Crippen molar-refractivity contribution in [1.29, 1.82) is 0 Å². The van der Waals surface area contributed by atoms with Crippen molar-refractivity contribution in [2.24, 2.45) is 0 Å². The number of piperazine rings is 1. The van der Waals surface area contributed by atoms with Crippen LogP contribution in [0, 0.1) is 0 Å². The summed E-state index contributed by atoms with van der Waals surface area (Å²) in [5, 5.41) is 9.37. The summed E-state index contributed by atoms with van der Waals surface area (Å²) in [5.74, 6) is 1.56. The summed E-state index contributed by atoms with van der Waals surface area (Å²) < 4.78 is 16.3. The van der Waals surface area contributed by atoms with Crippen LogP contribution in [0.5, 0.6) is 17.2 Å². The van der Waals surface area contributed by atoms with Crippen molar-refractivity contribution in [2.45, 2.75) is 19.9 Å². The SMILES string of the molecule is COc1cc(C(=O)c2nn(-c3ccccc3)nc2N2CCN(C(C)C)CC2)cc(OC)c1OC. The van der Waals surface area contributed by atoms with E-state index in [0.29, 0.717) is 34.7 Å². The summed E-state index contributed by atoms with van der Waals surface area (Å²) >= 11 is 0. The Kier molecular flexibility index (Phi) is 7.02. The molecule has 1 saturated heterocycles. The van der Waals surface area contributed by atoms with E-state index in [2.05, 4.69) is 28.7 Å². The monoisotopic (exact) mass is 465 g/mol. The van der Waals surface area contributed by atoms with Crippen LogP contribution >= 0.6 is 0 Å². The Balaban J connectivity index is 1.76. The van der Waals surface area contributed by atoms with Gasteiger partial charge in [0.05, 0.1) is 27.0 Å². The van der Waals surface area contributed by atoms with Gasteiger partial charge < -0.3 is 19.1 Å². The van der Waals surface area contributed by atoms with Crippen molar-refractivity contribution in [3.8, 4) is 22.9 Å². The van der Waals surface area contributed by atoms with Gasteiger partial charge in [-0.1, -0.05) is 18.2 Å². The average molecular weight is 466 g/mol. The molecule has 0 saturated carbocycles. The van der Waals surface area contributed by atoms with Gasteiger partial charge in [-0.15, -0.1) is 15.0 Å². The maximum Gasteiger partial charge on any atom is 0.217 e. The Hall–Kier alpha value is -3.59. The standard InChI is InChI=1S/C25H31N5O4/c1-17(2)28-11-13-29(14-12-28)25-22(26-30(27-25)19-9-7-6-8-10-19)23(31)18-15-20(32-3)24(34-5)21(16-18)33-4/h6-10,15-17H,11-14H2,1-5H3. The van der Waals surface area contributed by atoms with Crippen LogP contribution < -0.4 is 19.1 Å². The molecule has 180 valence electrons. The van der Waals surface area contributed by atoms with Crippen LogP contribution in [-0.2, 0) is 0 Å². The van der Waals surface area contributed by atoms with E-state index in [9.17, 15) is 4.79 Å². The lowest BCUT2D eigenvalue weighted by molar-refractivity contribution is 0.103. The highest BCUT2D eigenvalue weighted by atomic mass is 16.5. The number of carbonyl (C=O) groups is 1. The van der Waals surface area contributed by atoms with Crippen molar-refractivity contribution in [1.82, 2.24) is 19.9 Å². The highest BCUT2D eigenvalue weighted by Gasteiger charge is 2.29. The van der Waals surface area contributed by atoms with E-state index in [1.807, 2.05) is 30.3 Å². The number of rotatable bonds is 8. The van der Waals surface area contributed by atoms with Gasteiger partial charge in [-0.2, -0.15) is 0 Å². The molecule has 9 heteroatoms. The lowest BCUT2D eigenvalue weighted by atomic mass is 10.1. The van der Waals surface area contributed by atoms with Gasteiger partial charge in [0.25, 0.3) is 0 Å². The Bertz CT molecular complexity index is 1110. The molecule has 0 spiro atoms. The fraction of sp³-hybridized carbons (Fsp3) is 0.400. The number of methoxy groups -OCH3 is 3. The lowest BCUT2D eigenvalue weighted by Gasteiger charge is -2.37. The van der Waals surface area contributed by atoms with Gasteiger partial charge in [0.2, 0.25) is 11.5 Å². The number of nitrogens with zero attached hydrogens (tertiary/aromatic N) is 5. The number of hydrogen-bond acceptors (Lipinski definition) is 8. The molecule has 0 atom stereocenters. The minimum Gasteiger partial charge on any atom is -0.493 e. The number of ketones is 1. The summed E-state index contributed by atoms with van der Waals surface area (Å²) in [6.45, 7) is 7.71. The number of aromatic nitrogens is 3. The number of carbonyl (C=O) groups excluding carboxylic acids is 1. The van der Waals surface area contributed by atoms with Gasteiger partial charge in [0, 0.05) is 37.8 Å². The topological polar surface area (TPSA) is 82.0 Å². The first-order valence-corrected chi connectivity index (χ1v) is 11.3. The van der Waals surface area contributed by atoms with Gasteiger partial charge in [0.1, 0.15) is 0 Å². The van der Waals surface area contributed by atoms with Crippen LogP contribution in [0.4, 0.5) is 5.82 Å². The zero-order valence-corrected chi connectivity index (χ0v) is 20.3. The molecule has 1 aliphatic rings. The van der Waals surface area contributed by atoms with Crippen molar-refractivity contribution >= 4 is 11.6 Å². The molecule has 0 N–H and O–H groups in total. The van der Waals surface area contributed by atoms with E-state index in [-0.39, 0.29) is 11.5 Å². The van der Waals surface area contributed by atoms with E-state index in [4.69, 9.17) is 19.3 Å². The van der Waals surface area contributed by atoms with Crippen LogP contribution in [0.15, 0.2) is 42.5 Å². The third kappa shape index (κ3) is 4.56. The van der Waals surface area contributed by atoms with E-state index >= 15 is 0 Å². The zero-order chi connectivity index (χ0) is 24.2. The molecule has 1 fully saturated rings. The van der Waals surface area contributed by atoms with Gasteiger partial charge in [-0.25, -0.2) is 0 Å². The van der Waals surface area contributed by atoms with E-state index in [1.165, 1.54) is 26.1 Å². The van der Waals surface area contributed by atoms with Gasteiger partial charge in [0.15, 0.2) is 23.0 Å². The first-order chi connectivity index (χ1) is 16.5. The number of para-hydroxylation sites is 1. The van der Waals surface area contributed by atoms with E-state index in [1.54, 1.807) is 12.1 Å². The first-order valence-electron chi connectivity index (χ1n) is 11.3. The average Bonchev–Trinajstić information content (AvgIpc) is 3.33. The molecular formula is C25H31N5O4. The Labute approximate surface area is 199 Å². The lowest BCUT2D eigenvalue weighted by Crippen LogP contribution is -2.49. The Morgan fingerprint density at radius 2 is 1.50 bits per heavy atom. The molecule has 9 nitrogen and oxygen atoms in total. The molecule has 0 aliphatic carbocycles. The van der Waals surface area contributed by atoms with Crippen molar-refractivity contribution < 1.29 is 19.0 Å². The number of anilines is 1. The van der Waals surface area contributed by atoms with Crippen LogP contribution in [-0.4, -0.2) is 79.2 Å². The van der Waals surface area contributed by atoms with Gasteiger partial charge in [-0.3, -0.25) is 9.69 Å². The molecule has 4 rings (SSSR count). The van der Waals surface area contributed by atoms with Crippen LogP contribution in [0.3, 0.4) is 0 Å². The third-order valence-electron chi connectivity index (χ3n) is 6.07. The highest BCUT2D eigenvalue weighted by Crippen LogP contribution is 2.39. The number of benzene rings is 2. The molecule has 0 bridgehead atoms. The van der Waals surface area contributed by atoms with Crippen molar-refractivity contribution in [3.63, 3.8) is 0 Å². The second-order valence-corrected chi connectivity index (χ2v) is 8.36. The maximum absolute atomic E-state index is 13.8.